The highest BCUT2D eigenvalue weighted by atomic mass is 19.1. The maximum absolute atomic E-state index is 14.4. The monoisotopic (exact) mass is 1210 g/mol. The summed E-state index contributed by atoms with van der Waals surface area (Å²) in [5.74, 6) is 0.102. The van der Waals surface area contributed by atoms with Gasteiger partial charge in [-0.15, -0.1) is 0 Å². The first-order valence-corrected chi connectivity index (χ1v) is 30.5. The molecule has 2 aliphatic carbocycles. The predicted molar refractivity (Wildman–Crippen MR) is 333 cm³/mol. The van der Waals surface area contributed by atoms with Crippen molar-refractivity contribution in [2.75, 3.05) is 0 Å². The highest BCUT2D eigenvalue weighted by Gasteiger charge is 2.32. The largest absolute Gasteiger partial charge is 0.348 e. The number of nitrogens with zero attached hydrogens (tertiary/aromatic N) is 10. The third-order valence-electron chi connectivity index (χ3n) is 17.8. The quantitative estimate of drug-likeness (QED) is 0.109. The van der Waals surface area contributed by atoms with E-state index in [0.717, 1.165) is 123 Å². The van der Waals surface area contributed by atoms with Crippen LogP contribution in [0.1, 0.15) is 142 Å². The minimum Gasteiger partial charge on any atom is -0.348 e. The standard InChI is InChI=1S/2C34H31FN6O4/c2*35-24-17-28-31(36-18-24)40(27-5-3-4-23(16-27)22-9-7-21(20-42)8-10-22)34(45)41(33(28)44)26-13-11-25(12-14-26)37-32(43)29-19-39-15-2-1-6-30(39)38-29/h2*3-5,7-10,16-20,25-26H,1-2,6,11-15H2,(H,37,43). The van der Waals surface area contributed by atoms with Crippen molar-refractivity contribution in [3.8, 4) is 33.6 Å². The van der Waals surface area contributed by atoms with Crippen LogP contribution in [-0.2, 0) is 25.9 Å². The lowest BCUT2D eigenvalue weighted by atomic mass is 9.90. The number of hydrogen-bond acceptors (Lipinski definition) is 12. The molecule has 22 heteroatoms. The Hall–Kier alpha value is -10.4. The summed E-state index contributed by atoms with van der Waals surface area (Å²) in [5, 5.41) is 6.19. The smallest absolute Gasteiger partial charge is 0.337 e. The van der Waals surface area contributed by atoms with E-state index in [1.165, 1.54) is 18.3 Å². The first-order valence-electron chi connectivity index (χ1n) is 30.5. The van der Waals surface area contributed by atoms with Crippen molar-refractivity contribution in [1.82, 2.24) is 58.0 Å². The highest BCUT2D eigenvalue weighted by Crippen LogP contribution is 2.32. The molecule has 10 aromatic rings. The molecule has 2 fully saturated rings. The number of amides is 2. The molecule has 0 spiro atoms. The molecule has 456 valence electrons. The Kier molecular flexibility index (Phi) is 16.3. The Balaban J connectivity index is 0.000000165. The lowest BCUT2D eigenvalue weighted by Gasteiger charge is -2.30. The molecule has 0 saturated heterocycles. The van der Waals surface area contributed by atoms with Gasteiger partial charge in [-0.25, -0.2) is 47.4 Å². The summed E-state index contributed by atoms with van der Waals surface area (Å²) in [6.45, 7) is 1.74. The van der Waals surface area contributed by atoms with Gasteiger partial charge in [-0.3, -0.25) is 37.9 Å². The molecule has 4 aliphatic rings. The highest BCUT2D eigenvalue weighted by molar-refractivity contribution is 5.93. The van der Waals surface area contributed by atoms with Gasteiger partial charge in [-0.2, -0.15) is 0 Å². The fourth-order valence-corrected chi connectivity index (χ4v) is 13.2. The maximum atomic E-state index is 14.4. The van der Waals surface area contributed by atoms with Gasteiger partial charge in [0.15, 0.2) is 11.3 Å². The zero-order valence-corrected chi connectivity index (χ0v) is 49.0. The Morgan fingerprint density at radius 1 is 0.489 bits per heavy atom. The Morgan fingerprint density at radius 3 is 1.27 bits per heavy atom. The third-order valence-corrected chi connectivity index (χ3v) is 17.8. The predicted octanol–water partition coefficient (Wildman–Crippen LogP) is 9.23. The summed E-state index contributed by atoms with van der Waals surface area (Å²) in [4.78, 5) is 121. The number of imidazole rings is 2. The number of pyridine rings is 2. The zero-order chi connectivity index (χ0) is 62.2. The van der Waals surface area contributed by atoms with Crippen molar-refractivity contribution in [3.05, 3.63) is 221 Å². The van der Waals surface area contributed by atoms with E-state index in [1.807, 2.05) is 57.9 Å². The summed E-state index contributed by atoms with van der Waals surface area (Å²) in [5.41, 5.74) is 3.97. The summed E-state index contributed by atoms with van der Waals surface area (Å²) in [6.07, 6.45) is 17.4. The summed E-state index contributed by atoms with van der Waals surface area (Å²) in [6, 6.07) is 29.7. The number of nitrogens with one attached hydrogen (secondary N) is 2. The molecule has 2 N–H and O–H groups in total. The molecule has 0 bridgehead atoms. The number of rotatable bonds is 12. The topological polar surface area (TPSA) is 242 Å². The van der Waals surface area contributed by atoms with Gasteiger partial charge in [-0.05, 0) is 136 Å². The molecule has 4 aromatic carbocycles. The lowest BCUT2D eigenvalue weighted by Crippen LogP contribution is -2.45. The van der Waals surface area contributed by atoms with E-state index >= 15 is 0 Å². The van der Waals surface area contributed by atoms with Crippen molar-refractivity contribution in [2.24, 2.45) is 0 Å². The molecule has 20 nitrogen and oxygen atoms in total. The zero-order valence-electron chi connectivity index (χ0n) is 49.0. The van der Waals surface area contributed by atoms with E-state index in [2.05, 4.69) is 30.6 Å². The van der Waals surface area contributed by atoms with Gasteiger partial charge in [0.2, 0.25) is 0 Å². The van der Waals surface area contributed by atoms with Crippen molar-refractivity contribution < 1.29 is 28.0 Å². The molecular formula is C68H62F2N12O8. The van der Waals surface area contributed by atoms with Crippen LogP contribution >= 0.6 is 0 Å². The Bertz CT molecular complexity index is 4360. The van der Waals surface area contributed by atoms with E-state index in [-0.39, 0.29) is 46.0 Å². The minimum absolute atomic E-state index is 0.00881. The Morgan fingerprint density at radius 2 is 0.889 bits per heavy atom. The van der Waals surface area contributed by atoms with E-state index in [0.29, 0.717) is 85.3 Å². The van der Waals surface area contributed by atoms with Crippen molar-refractivity contribution in [1.29, 1.82) is 0 Å². The SMILES string of the molecule is O=Cc1ccc(-c2cccc(-n3c(=O)n(C4CCC(NC(=O)c5cn6c(n5)CCCC6)CC4)c(=O)c4cc(F)cnc43)c2)cc1.O=Cc1ccc(-c2cccc(-n3c(=O)n(C4CCC(NC(=O)c5cn6c(n5)CCCC6)CC4)c(=O)c4cc(F)cnc43)c2)cc1. The van der Waals surface area contributed by atoms with Crippen LogP contribution in [0.15, 0.2) is 153 Å². The summed E-state index contributed by atoms with van der Waals surface area (Å²) < 4.78 is 38.0. The number of benzene rings is 4. The van der Waals surface area contributed by atoms with E-state index in [4.69, 9.17) is 0 Å². The van der Waals surface area contributed by atoms with Crippen LogP contribution in [0, 0.1) is 11.6 Å². The Labute approximate surface area is 512 Å². The van der Waals surface area contributed by atoms with Crippen LogP contribution in [0.2, 0.25) is 0 Å². The number of carbonyl (C=O) groups excluding carboxylic acids is 4. The number of hydrogen-bond donors (Lipinski definition) is 2. The van der Waals surface area contributed by atoms with Gasteiger partial charge in [-0.1, -0.05) is 72.8 Å². The van der Waals surface area contributed by atoms with Crippen LogP contribution in [0.3, 0.4) is 0 Å². The molecule has 0 radical (unpaired) electrons. The third kappa shape index (κ3) is 11.7. The molecule has 8 heterocycles. The number of fused-ring (bicyclic) bond motifs is 4. The fraction of sp³-hybridized carbons (Fsp3) is 0.294. The lowest BCUT2D eigenvalue weighted by molar-refractivity contribution is 0.0909. The number of carbonyl (C=O) groups is 4. The van der Waals surface area contributed by atoms with Crippen molar-refractivity contribution in [3.63, 3.8) is 0 Å². The van der Waals surface area contributed by atoms with Crippen LogP contribution in [0.25, 0.3) is 55.7 Å². The molecule has 6 aromatic heterocycles. The van der Waals surface area contributed by atoms with E-state index in [1.54, 1.807) is 60.7 Å². The number of halogens is 2. The minimum atomic E-state index is -0.673. The molecule has 2 amide bonds. The van der Waals surface area contributed by atoms with Gasteiger partial charge in [0, 0.05) is 73.6 Å². The van der Waals surface area contributed by atoms with E-state index < -0.39 is 46.2 Å². The van der Waals surface area contributed by atoms with Crippen molar-refractivity contribution in [2.45, 2.75) is 127 Å². The van der Waals surface area contributed by atoms with Gasteiger partial charge >= 0.3 is 11.4 Å². The van der Waals surface area contributed by atoms with E-state index in [9.17, 15) is 47.1 Å². The second-order valence-electron chi connectivity index (χ2n) is 23.6. The second-order valence-corrected chi connectivity index (χ2v) is 23.6. The molecule has 0 unspecified atom stereocenters. The van der Waals surface area contributed by atoms with Gasteiger partial charge < -0.3 is 19.8 Å². The fourth-order valence-electron chi connectivity index (χ4n) is 13.2. The number of aromatic nitrogens is 10. The van der Waals surface area contributed by atoms with Crippen LogP contribution in [-0.4, -0.2) is 83.8 Å². The van der Waals surface area contributed by atoms with Crippen LogP contribution < -0.4 is 33.1 Å². The molecule has 0 atom stereocenters. The number of aldehydes is 2. The number of aryl methyl sites for hydroxylation is 4. The maximum Gasteiger partial charge on any atom is 0.337 e. The molecule has 2 aliphatic heterocycles. The molecule has 14 rings (SSSR count). The van der Waals surface area contributed by atoms with Crippen LogP contribution in [0.5, 0.6) is 0 Å². The summed E-state index contributed by atoms with van der Waals surface area (Å²) >= 11 is 0. The van der Waals surface area contributed by atoms with Crippen LogP contribution in [0.4, 0.5) is 8.78 Å². The second kappa shape index (κ2) is 25.0. The summed E-state index contributed by atoms with van der Waals surface area (Å²) in [7, 11) is 0. The van der Waals surface area contributed by atoms with Gasteiger partial charge in [0.25, 0.3) is 22.9 Å². The van der Waals surface area contributed by atoms with Crippen molar-refractivity contribution >= 4 is 46.5 Å². The normalized spacial score (nSPS) is 18.0. The van der Waals surface area contributed by atoms with Gasteiger partial charge in [0.1, 0.15) is 47.2 Å². The molecule has 2 saturated carbocycles. The molecular weight excluding hydrogens is 1150 g/mol. The molecule has 90 heavy (non-hydrogen) atoms. The average Bonchev–Trinajstić information content (AvgIpc) is 1.000. The first-order chi connectivity index (χ1) is 43.8. The first kappa shape index (κ1) is 58.6. The average molecular weight is 1210 g/mol. The van der Waals surface area contributed by atoms with Gasteiger partial charge in [0.05, 0.1) is 34.5 Å².